The Bertz CT molecular complexity index is 701. The standard InChI is InChI=1S/C18H20N2O4/c1-2-23-17(21)11-20-18(22)15-9-8-14(19)10-16(15)24-12-13-6-4-3-5-7-13/h3-10H,2,11-12,19H2,1H3,(H,20,22). The molecule has 0 aliphatic carbocycles. The summed E-state index contributed by atoms with van der Waals surface area (Å²) < 4.78 is 10.5. The zero-order valence-corrected chi connectivity index (χ0v) is 13.5. The number of nitrogens with one attached hydrogen (secondary N) is 1. The summed E-state index contributed by atoms with van der Waals surface area (Å²) in [7, 11) is 0. The van der Waals surface area contributed by atoms with E-state index in [1.807, 2.05) is 30.3 Å². The highest BCUT2D eigenvalue weighted by atomic mass is 16.5. The van der Waals surface area contributed by atoms with Crippen molar-refractivity contribution in [1.82, 2.24) is 5.32 Å². The van der Waals surface area contributed by atoms with Gasteiger partial charge in [0.05, 0.1) is 12.2 Å². The van der Waals surface area contributed by atoms with Gasteiger partial charge in [-0.25, -0.2) is 0 Å². The predicted octanol–water partition coefficient (Wildman–Crippen LogP) is 2.14. The molecule has 126 valence electrons. The molecule has 3 N–H and O–H groups in total. The number of hydrogen-bond donors (Lipinski definition) is 2. The van der Waals surface area contributed by atoms with Crippen molar-refractivity contribution in [3.8, 4) is 5.75 Å². The van der Waals surface area contributed by atoms with Crippen LogP contribution in [0, 0.1) is 0 Å². The van der Waals surface area contributed by atoms with Crippen LogP contribution < -0.4 is 15.8 Å². The van der Waals surface area contributed by atoms with Gasteiger partial charge in [-0.2, -0.15) is 0 Å². The summed E-state index contributed by atoms with van der Waals surface area (Å²) in [5.74, 6) is -0.556. The minimum atomic E-state index is -0.493. The number of ether oxygens (including phenoxy) is 2. The van der Waals surface area contributed by atoms with Crippen molar-refractivity contribution in [1.29, 1.82) is 0 Å². The fourth-order valence-electron chi connectivity index (χ4n) is 2.04. The number of carbonyl (C=O) groups excluding carboxylic acids is 2. The third-order valence-corrected chi connectivity index (χ3v) is 3.19. The highest BCUT2D eigenvalue weighted by Crippen LogP contribution is 2.23. The minimum Gasteiger partial charge on any atom is -0.488 e. The Labute approximate surface area is 140 Å². The quantitative estimate of drug-likeness (QED) is 0.600. The van der Waals surface area contributed by atoms with Crippen LogP contribution in [0.1, 0.15) is 22.8 Å². The molecule has 2 aromatic carbocycles. The van der Waals surface area contributed by atoms with E-state index in [2.05, 4.69) is 5.32 Å². The van der Waals surface area contributed by atoms with Gasteiger partial charge in [0.15, 0.2) is 0 Å². The van der Waals surface area contributed by atoms with Gasteiger partial charge in [0.1, 0.15) is 18.9 Å². The number of anilines is 1. The van der Waals surface area contributed by atoms with Gasteiger partial charge < -0.3 is 20.5 Å². The summed E-state index contributed by atoms with van der Waals surface area (Å²) in [6.45, 7) is 2.08. The average Bonchev–Trinajstić information content (AvgIpc) is 2.59. The first-order chi connectivity index (χ1) is 11.6. The molecular weight excluding hydrogens is 308 g/mol. The second-order valence-electron chi connectivity index (χ2n) is 5.02. The molecule has 0 aromatic heterocycles. The van der Waals surface area contributed by atoms with Crippen molar-refractivity contribution in [3.63, 3.8) is 0 Å². The first kappa shape index (κ1) is 17.3. The second-order valence-corrected chi connectivity index (χ2v) is 5.02. The molecule has 6 nitrogen and oxygen atoms in total. The van der Waals surface area contributed by atoms with Gasteiger partial charge >= 0.3 is 5.97 Å². The lowest BCUT2D eigenvalue weighted by Gasteiger charge is -2.12. The van der Waals surface area contributed by atoms with Gasteiger partial charge in [-0.3, -0.25) is 9.59 Å². The molecule has 2 rings (SSSR count). The van der Waals surface area contributed by atoms with Gasteiger partial charge in [-0.15, -0.1) is 0 Å². The van der Waals surface area contributed by atoms with Crippen LogP contribution in [0.25, 0.3) is 0 Å². The molecule has 24 heavy (non-hydrogen) atoms. The van der Waals surface area contributed by atoms with Gasteiger partial charge in [0, 0.05) is 11.8 Å². The summed E-state index contributed by atoms with van der Waals surface area (Å²) in [6.07, 6.45) is 0. The van der Waals surface area contributed by atoms with Crippen LogP contribution >= 0.6 is 0 Å². The Morgan fingerprint density at radius 1 is 1.12 bits per heavy atom. The maximum absolute atomic E-state index is 12.3. The zero-order chi connectivity index (χ0) is 17.4. The molecule has 0 unspecified atom stereocenters. The van der Waals surface area contributed by atoms with E-state index in [9.17, 15) is 9.59 Å². The van der Waals surface area contributed by atoms with Crippen LogP contribution in [-0.2, 0) is 16.1 Å². The molecule has 0 saturated carbocycles. The molecule has 0 aliphatic heterocycles. The number of carbonyl (C=O) groups is 2. The first-order valence-electron chi connectivity index (χ1n) is 7.60. The summed E-state index contributed by atoms with van der Waals surface area (Å²) in [4.78, 5) is 23.6. The van der Waals surface area contributed by atoms with Crippen LogP contribution in [-0.4, -0.2) is 25.0 Å². The summed E-state index contributed by atoms with van der Waals surface area (Å²) in [6, 6.07) is 14.3. The molecule has 0 fully saturated rings. The molecule has 0 radical (unpaired) electrons. The third-order valence-electron chi connectivity index (χ3n) is 3.19. The van der Waals surface area contributed by atoms with E-state index >= 15 is 0 Å². The van der Waals surface area contributed by atoms with Crippen LogP contribution in [0.4, 0.5) is 5.69 Å². The first-order valence-corrected chi connectivity index (χ1v) is 7.60. The van der Waals surface area contributed by atoms with Crippen molar-refractivity contribution < 1.29 is 19.1 Å². The van der Waals surface area contributed by atoms with Crippen molar-refractivity contribution in [2.75, 3.05) is 18.9 Å². The van der Waals surface area contributed by atoms with E-state index in [1.54, 1.807) is 25.1 Å². The average molecular weight is 328 g/mol. The maximum atomic E-state index is 12.3. The maximum Gasteiger partial charge on any atom is 0.325 e. The fraction of sp³-hybridized carbons (Fsp3) is 0.222. The van der Waals surface area contributed by atoms with E-state index in [4.69, 9.17) is 15.2 Å². The van der Waals surface area contributed by atoms with Gasteiger partial charge in [0.2, 0.25) is 0 Å². The Morgan fingerprint density at radius 2 is 1.88 bits per heavy atom. The van der Waals surface area contributed by atoms with Gasteiger partial charge in [0.25, 0.3) is 5.91 Å². The zero-order valence-electron chi connectivity index (χ0n) is 13.5. The van der Waals surface area contributed by atoms with Crippen LogP contribution in [0.2, 0.25) is 0 Å². The second kappa shape index (κ2) is 8.57. The third kappa shape index (κ3) is 5.01. The van der Waals surface area contributed by atoms with Gasteiger partial charge in [-0.1, -0.05) is 30.3 Å². The van der Waals surface area contributed by atoms with Crippen molar-refractivity contribution >= 4 is 17.6 Å². The number of esters is 1. The Morgan fingerprint density at radius 3 is 2.58 bits per heavy atom. The SMILES string of the molecule is CCOC(=O)CNC(=O)c1ccc(N)cc1OCc1ccccc1. The van der Waals surface area contributed by atoms with Gasteiger partial charge in [-0.05, 0) is 24.6 Å². The smallest absolute Gasteiger partial charge is 0.325 e. The van der Waals surface area contributed by atoms with E-state index < -0.39 is 11.9 Å². The van der Waals surface area contributed by atoms with E-state index in [1.165, 1.54) is 0 Å². The Hall–Kier alpha value is -3.02. The normalized spacial score (nSPS) is 10.0. The van der Waals surface area contributed by atoms with Crippen LogP contribution in [0.3, 0.4) is 0 Å². The van der Waals surface area contributed by atoms with E-state index in [0.717, 1.165) is 5.56 Å². The van der Waals surface area contributed by atoms with Crippen LogP contribution in [0.5, 0.6) is 5.75 Å². The fourth-order valence-corrected chi connectivity index (χ4v) is 2.04. The lowest BCUT2D eigenvalue weighted by Crippen LogP contribution is -2.31. The highest BCUT2D eigenvalue weighted by Gasteiger charge is 2.14. The monoisotopic (exact) mass is 328 g/mol. The molecular formula is C18H20N2O4. The van der Waals surface area contributed by atoms with Crippen LogP contribution in [0.15, 0.2) is 48.5 Å². The number of nitrogen functional groups attached to an aromatic ring is 1. The molecule has 2 aromatic rings. The summed E-state index contributed by atoms with van der Waals surface area (Å²) in [5, 5.41) is 2.51. The molecule has 0 atom stereocenters. The number of benzene rings is 2. The van der Waals surface area contributed by atoms with E-state index in [0.29, 0.717) is 23.6 Å². The molecule has 6 heteroatoms. The molecule has 0 aliphatic rings. The largest absolute Gasteiger partial charge is 0.488 e. The molecule has 1 amide bonds. The number of hydrogen-bond acceptors (Lipinski definition) is 5. The van der Waals surface area contributed by atoms with Crippen molar-refractivity contribution in [3.05, 3.63) is 59.7 Å². The van der Waals surface area contributed by atoms with Crippen molar-refractivity contribution in [2.45, 2.75) is 13.5 Å². The lowest BCUT2D eigenvalue weighted by molar-refractivity contribution is -0.141. The Balaban J connectivity index is 2.06. The lowest BCUT2D eigenvalue weighted by atomic mass is 10.1. The molecule has 0 heterocycles. The number of nitrogens with two attached hydrogens (primary N) is 1. The topological polar surface area (TPSA) is 90.7 Å². The van der Waals surface area contributed by atoms with Crippen molar-refractivity contribution in [2.24, 2.45) is 0 Å². The predicted molar refractivity (Wildman–Crippen MR) is 90.6 cm³/mol. The molecule has 0 spiro atoms. The minimum absolute atomic E-state index is 0.199. The molecule has 0 bridgehead atoms. The van der Waals surface area contributed by atoms with E-state index in [-0.39, 0.29) is 13.2 Å². The Kier molecular flexibility index (Phi) is 6.19. The number of rotatable bonds is 7. The molecule has 0 saturated heterocycles. The highest BCUT2D eigenvalue weighted by molar-refractivity contribution is 5.98. The summed E-state index contributed by atoms with van der Waals surface area (Å²) in [5.41, 5.74) is 7.54. The summed E-state index contributed by atoms with van der Waals surface area (Å²) >= 11 is 0. The number of amides is 1.